The quantitative estimate of drug-likeness (QED) is 0.837. The van der Waals surface area contributed by atoms with Crippen LogP contribution in [0.1, 0.15) is 40.2 Å². The van der Waals surface area contributed by atoms with Gasteiger partial charge in [0.2, 0.25) is 5.91 Å². The van der Waals surface area contributed by atoms with Gasteiger partial charge < -0.3 is 15.4 Å². The van der Waals surface area contributed by atoms with Crippen molar-refractivity contribution >= 4 is 11.8 Å². The number of rotatable bonds is 6. The fourth-order valence-electron chi connectivity index (χ4n) is 3.57. The maximum absolute atomic E-state index is 12.0. The molecule has 1 unspecified atom stereocenters. The molecule has 6 heteroatoms. The molecule has 0 bridgehead atoms. The van der Waals surface area contributed by atoms with Crippen LogP contribution in [0, 0.1) is 5.92 Å². The highest BCUT2D eigenvalue weighted by molar-refractivity contribution is 5.94. The maximum atomic E-state index is 12.0. The van der Waals surface area contributed by atoms with E-state index in [2.05, 4.69) is 0 Å². The summed E-state index contributed by atoms with van der Waals surface area (Å²) >= 11 is 0. The molecule has 0 aromatic carbocycles. The Bertz CT molecular complexity index is 630. The molecule has 1 aliphatic carbocycles. The first-order chi connectivity index (χ1) is 11.1. The highest BCUT2D eigenvalue weighted by atomic mass is 16.5. The first kappa shape index (κ1) is 15.9. The van der Waals surface area contributed by atoms with Crippen molar-refractivity contribution in [3.05, 3.63) is 28.6 Å². The third kappa shape index (κ3) is 3.37. The number of amides is 2. The minimum atomic E-state index is -0.428. The molecule has 0 spiro atoms. The molecule has 1 atom stereocenters. The Morgan fingerprint density at radius 2 is 2.30 bits per heavy atom. The smallest absolute Gasteiger partial charge is 0.250 e. The number of pyridine rings is 1. The fourth-order valence-corrected chi connectivity index (χ4v) is 3.57. The van der Waals surface area contributed by atoms with Crippen LogP contribution in [-0.4, -0.2) is 48.5 Å². The predicted molar refractivity (Wildman–Crippen MR) is 85.0 cm³/mol. The van der Waals surface area contributed by atoms with Crippen molar-refractivity contribution in [3.8, 4) is 0 Å². The van der Waals surface area contributed by atoms with Gasteiger partial charge in [-0.2, -0.15) is 0 Å². The van der Waals surface area contributed by atoms with E-state index in [0.29, 0.717) is 38.1 Å². The van der Waals surface area contributed by atoms with Gasteiger partial charge in [0.1, 0.15) is 0 Å². The summed E-state index contributed by atoms with van der Waals surface area (Å²) in [7, 11) is 1.63. The normalized spacial score (nSPS) is 20.1. The summed E-state index contributed by atoms with van der Waals surface area (Å²) in [5.74, 6) is -0.0963. The third-order valence-electron chi connectivity index (χ3n) is 4.74. The summed E-state index contributed by atoms with van der Waals surface area (Å²) in [6.07, 6.45) is 4.14. The van der Waals surface area contributed by atoms with Gasteiger partial charge >= 0.3 is 0 Å². The number of fused-ring (bicyclic) bond motifs is 1. The average molecular weight is 317 g/mol. The van der Waals surface area contributed by atoms with Crippen LogP contribution in [0.4, 0.5) is 0 Å². The van der Waals surface area contributed by atoms with Crippen LogP contribution in [0.5, 0.6) is 0 Å². The molecule has 1 aliphatic heterocycles. The van der Waals surface area contributed by atoms with Gasteiger partial charge in [0.25, 0.3) is 5.91 Å². The number of carbonyl (C=O) groups excluding carboxylic acids is 2. The number of aryl methyl sites for hydroxylation is 2. The number of nitrogens with zero attached hydrogens (tertiary/aromatic N) is 2. The van der Waals surface area contributed by atoms with Gasteiger partial charge in [-0.15, -0.1) is 0 Å². The van der Waals surface area contributed by atoms with Crippen molar-refractivity contribution in [2.75, 3.05) is 26.8 Å². The van der Waals surface area contributed by atoms with Crippen molar-refractivity contribution in [1.29, 1.82) is 0 Å². The molecule has 2 amide bonds. The van der Waals surface area contributed by atoms with Gasteiger partial charge in [-0.3, -0.25) is 14.6 Å². The Kier molecular flexibility index (Phi) is 4.61. The first-order valence-electron chi connectivity index (χ1n) is 8.16. The summed E-state index contributed by atoms with van der Waals surface area (Å²) < 4.78 is 5.04. The van der Waals surface area contributed by atoms with E-state index < -0.39 is 5.91 Å². The first-order valence-corrected chi connectivity index (χ1v) is 8.16. The van der Waals surface area contributed by atoms with Crippen LogP contribution >= 0.6 is 0 Å². The number of aromatic nitrogens is 1. The summed E-state index contributed by atoms with van der Waals surface area (Å²) in [5.41, 5.74) is 9.04. The number of nitrogens with two attached hydrogens (primary N) is 1. The van der Waals surface area contributed by atoms with Crippen LogP contribution in [0.15, 0.2) is 6.07 Å². The van der Waals surface area contributed by atoms with E-state index in [4.69, 9.17) is 15.5 Å². The van der Waals surface area contributed by atoms with Crippen molar-refractivity contribution in [1.82, 2.24) is 9.88 Å². The molecule has 1 aromatic rings. The van der Waals surface area contributed by atoms with Gasteiger partial charge in [0.05, 0.1) is 17.9 Å². The summed E-state index contributed by atoms with van der Waals surface area (Å²) in [4.78, 5) is 30.3. The van der Waals surface area contributed by atoms with Crippen LogP contribution in [0.3, 0.4) is 0 Å². The lowest BCUT2D eigenvalue weighted by Gasteiger charge is -2.16. The van der Waals surface area contributed by atoms with Crippen LogP contribution in [0.2, 0.25) is 0 Å². The van der Waals surface area contributed by atoms with Crippen molar-refractivity contribution in [2.24, 2.45) is 11.7 Å². The third-order valence-corrected chi connectivity index (χ3v) is 4.74. The number of primary amides is 1. The number of hydrogen-bond donors (Lipinski definition) is 1. The monoisotopic (exact) mass is 317 g/mol. The van der Waals surface area contributed by atoms with Gasteiger partial charge in [0.15, 0.2) is 0 Å². The lowest BCUT2D eigenvalue weighted by atomic mass is 9.97. The zero-order valence-corrected chi connectivity index (χ0v) is 13.5. The lowest BCUT2D eigenvalue weighted by Crippen LogP contribution is -2.29. The van der Waals surface area contributed by atoms with Crippen LogP contribution in [-0.2, 0) is 28.8 Å². The van der Waals surface area contributed by atoms with E-state index in [-0.39, 0.29) is 11.8 Å². The standard InChI is InChI=1S/C17H23N3O3/c1-23-6-5-20-10-11(8-16(20)21)7-15-13(17(18)22)9-12-3-2-4-14(12)19-15/h9,11H,2-8,10H2,1H3,(H2,18,22). The summed E-state index contributed by atoms with van der Waals surface area (Å²) in [6.45, 7) is 1.85. The van der Waals surface area contributed by atoms with Crippen molar-refractivity contribution in [3.63, 3.8) is 0 Å². The van der Waals surface area contributed by atoms with Crippen molar-refractivity contribution < 1.29 is 14.3 Å². The second-order valence-electron chi connectivity index (χ2n) is 6.41. The second kappa shape index (κ2) is 6.66. The molecule has 2 N–H and O–H groups in total. The Morgan fingerprint density at radius 3 is 3.04 bits per heavy atom. The highest BCUT2D eigenvalue weighted by Gasteiger charge is 2.31. The van der Waals surface area contributed by atoms with Gasteiger partial charge in [-0.1, -0.05) is 0 Å². The lowest BCUT2D eigenvalue weighted by molar-refractivity contribution is -0.128. The molecule has 1 saturated heterocycles. The predicted octanol–water partition coefficient (Wildman–Crippen LogP) is 0.707. The Morgan fingerprint density at radius 1 is 1.48 bits per heavy atom. The molecule has 23 heavy (non-hydrogen) atoms. The second-order valence-corrected chi connectivity index (χ2v) is 6.41. The molecule has 124 valence electrons. The number of likely N-dealkylation sites (tertiary alicyclic amines) is 1. The number of carbonyl (C=O) groups is 2. The van der Waals surface area contributed by atoms with Gasteiger partial charge in [0, 0.05) is 32.3 Å². The Hall–Kier alpha value is -1.95. The van der Waals surface area contributed by atoms with E-state index in [1.165, 1.54) is 0 Å². The zero-order chi connectivity index (χ0) is 16.4. The summed E-state index contributed by atoms with van der Waals surface area (Å²) in [5, 5.41) is 0. The molecule has 1 fully saturated rings. The Labute approximate surface area is 136 Å². The Balaban J connectivity index is 1.75. The number of ether oxygens (including phenoxy) is 1. The highest BCUT2D eigenvalue weighted by Crippen LogP contribution is 2.27. The van der Waals surface area contributed by atoms with E-state index in [9.17, 15) is 9.59 Å². The van der Waals surface area contributed by atoms with Crippen molar-refractivity contribution in [2.45, 2.75) is 32.1 Å². The number of hydrogen-bond acceptors (Lipinski definition) is 4. The molecular formula is C17H23N3O3. The molecular weight excluding hydrogens is 294 g/mol. The minimum absolute atomic E-state index is 0.147. The molecule has 2 aliphatic rings. The number of methoxy groups -OCH3 is 1. The van der Waals surface area contributed by atoms with E-state index in [0.717, 1.165) is 36.2 Å². The average Bonchev–Trinajstić information content (AvgIpc) is 3.10. The SMILES string of the molecule is COCCN1CC(Cc2nc3c(cc2C(N)=O)CCC3)CC1=O. The maximum Gasteiger partial charge on any atom is 0.250 e. The molecule has 0 radical (unpaired) electrons. The van der Waals surface area contributed by atoms with E-state index in [1.54, 1.807) is 7.11 Å². The fraction of sp³-hybridized carbons (Fsp3) is 0.588. The van der Waals surface area contributed by atoms with Gasteiger partial charge in [-0.05, 0) is 43.2 Å². The molecule has 6 nitrogen and oxygen atoms in total. The van der Waals surface area contributed by atoms with E-state index >= 15 is 0 Å². The molecule has 2 heterocycles. The topological polar surface area (TPSA) is 85.5 Å². The van der Waals surface area contributed by atoms with Gasteiger partial charge in [-0.25, -0.2) is 0 Å². The molecule has 3 rings (SSSR count). The zero-order valence-electron chi connectivity index (χ0n) is 13.5. The van der Waals surface area contributed by atoms with Crippen LogP contribution < -0.4 is 5.73 Å². The molecule has 1 aromatic heterocycles. The summed E-state index contributed by atoms with van der Waals surface area (Å²) in [6, 6.07) is 1.91. The minimum Gasteiger partial charge on any atom is -0.383 e. The largest absolute Gasteiger partial charge is 0.383 e. The van der Waals surface area contributed by atoms with Crippen LogP contribution in [0.25, 0.3) is 0 Å². The van der Waals surface area contributed by atoms with E-state index in [1.807, 2.05) is 11.0 Å². The molecule has 0 saturated carbocycles.